The van der Waals surface area contributed by atoms with E-state index in [1.807, 2.05) is 6.92 Å². The average molecular weight is 365 g/mol. The zero-order valence-corrected chi connectivity index (χ0v) is 14.9. The van der Waals surface area contributed by atoms with Gasteiger partial charge in [0.15, 0.2) is 17.0 Å². The second-order valence-electron chi connectivity index (χ2n) is 7.22. The van der Waals surface area contributed by atoms with E-state index in [0.29, 0.717) is 28.4 Å². The van der Waals surface area contributed by atoms with Gasteiger partial charge in [0.2, 0.25) is 0 Å². The van der Waals surface area contributed by atoms with Gasteiger partial charge >= 0.3 is 0 Å². The van der Waals surface area contributed by atoms with Crippen LogP contribution in [0.25, 0.3) is 11.2 Å². The van der Waals surface area contributed by atoms with Crippen molar-refractivity contribution in [2.75, 3.05) is 5.32 Å². The zero-order chi connectivity index (χ0) is 18.6. The van der Waals surface area contributed by atoms with E-state index in [-0.39, 0.29) is 11.5 Å². The van der Waals surface area contributed by atoms with Gasteiger partial charge in [-0.25, -0.2) is 15.0 Å². The number of nitrogens with zero attached hydrogens (tertiary/aromatic N) is 4. The molecule has 0 unspecified atom stereocenters. The summed E-state index contributed by atoms with van der Waals surface area (Å²) in [4.78, 5) is 41.4. The number of aryl methyl sites for hydroxylation is 1. The van der Waals surface area contributed by atoms with Gasteiger partial charge in [0.1, 0.15) is 23.4 Å². The first kappa shape index (κ1) is 16.0. The molecule has 0 radical (unpaired) electrons. The van der Waals surface area contributed by atoms with E-state index in [4.69, 9.17) is 0 Å². The molecule has 0 atom stereocenters. The number of hydrogen-bond donors (Lipinski definition) is 3. The Bertz CT molecular complexity index is 1120. The SMILES string of the molecule is Cc1cc(Nc2ncnc3[nH]cnc23)c(=O)n2c1C(=O)NC21CCCCC1. The Balaban J connectivity index is 1.67. The summed E-state index contributed by atoms with van der Waals surface area (Å²) in [6, 6.07) is 1.70. The van der Waals surface area contributed by atoms with Crippen LogP contribution >= 0.6 is 0 Å². The van der Waals surface area contributed by atoms with Crippen LogP contribution in [-0.4, -0.2) is 30.4 Å². The highest BCUT2D eigenvalue weighted by Gasteiger charge is 2.45. The fraction of sp³-hybridized carbons (Fsp3) is 0.389. The van der Waals surface area contributed by atoms with Gasteiger partial charge in [-0.15, -0.1) is 0 Å². The molecule has 1 aliphatic carbocycles. The number of H-pyrrole nitrogens is 1. The predicted molar refractivity (Wildman–Crippen MR) is 98.9 cm³/mol. The van der Waals surface area contributed by atoms with Gasteiger partial charge in [-0.05, 0) is 44.2 Å². The molecular formula is C18H19N7O2. The first-order valence-electron chi connectivity index (χ1n) is 9.10. The number of aromatic amines is 1. The van der Waals surface area contributed by atoms with Crippen molar-refractivity contribution in [2.45, 2.75) is 44.7 Å². The van der Waals surface area contributed by atoms with E-state index in [0.717, 1.165) is 37.7 Å². The molecule has 138 valence electrons. The van der Waals surface area contributed by atoms with Crippen LogP contribution in [0.2, 0.25) is 0 Å². The maximum atomic E-state index is 13.3. The smallest absolute Gasteiger partial charge is 0.276 e. The van der Waals surface area contributed by atoms with Gasteiger partial charge in [0.05, 0.1) is 6.33 Å². The predicted octanol–water partition coefficient (Wildman–Crippen LogP) is 1.93. The largest absolute Gasteiger partial charge is 0.334 e. The van der Waals surface area contributed by atoms with Crippen LogP contribution in [0.1, 0.15) is 48.2 Å². The van der Waals surface area contributed by atoms with E-state index in [9.17, 15) is 9.59 Å². The van der Waals surface area contributed by atoms with Gasteiger partial charge in [-0.3, -0.25) is 14.2 Å². The van der Waals surface area contributed by atoms with Crippen LogP contribution < -0.4 is 16.2 Å². The molecule has 27 heavy (non-hydrogen) atoms. The maximum Gasteiger partial charge on any atom is 0.276 e. The highest BCUT2D eigenvalue weighted by molar-refractivity contribution is 5.97. The van der Waals surface area contributed by atoms with Crippen molar-refractivity contribution in [1.29, 1.82) is 0 Å². The zero-order valence-electron chi connectivity index (χ0n) is 14.9. The van der Waals surface area contributed by atoms with E-state index < -0.39 is 5.66 Å². The van der Waals surface area contributed by atoms with Gasteiger partial charge in [-0.1, -0.05) is 6.42 Å². The lowest BCUT2D eigenvalue weighted by molar-refractivity contribution is 0.0876. The molecule has 2 aliphatic rings. The van der Waals surface area contributed by atoms with Gasteiger partial charge in [0, 0.05) is 0 Å². The molecule has 1 spiro atoms. The third-order valence-corrected chi connectivity index (χ3v) is 5.53. The number of imidazole rings is 1. The molecule has 1 aliphatic heterocycles. The number of nitrogens with one attached hydrogen (secondary N) is 3. The molecule has 4 heterocycles. The maximum absolute atomic E-state index is 13.3. The van der Waals surface area contributed by atoms with Crippen LogP contribution in [0, 0.1) is 6.92 Å². The molecule has 3 N–H and O–H groups in total. The van der Waals surface area contributed by atoms with E-state index >= 15 is 0 Å². The van der Waals surface area contributed by atoms with Crippen molar-refractivity contribution in [3.63, 3.8) is 0 Å². The number of hydrogen-bond acceptors (Lipinski definition) is 6. The number of fused-ring (bicyclic) bond motifs is 3. The van der Waals surface area contributed by atoms with Crippen LogP contribution in [-0.2, 0) is 5.66 Å². The minimum Gasteiger partial charge on any atom is -0.334 e. The Morgan fingerprint density at radius 2 is 1.96 bits per heavy atom. The summed E-state index contributed by atoms with van der Waals surface area (Å²) in [6.07, 6.45) is 7.58. The second-order valence-corrected chi connectivity index (χ2v) is 7.22. The molecule has 3 aromatic heterocycles. The van der Waals surface area contributed by atoms with E-state index in [2.05, 4.69) is 30.6 Å². The van der Waals surface area contributed by atoms with Crippen LogP contribution in [0.15, 0.2) is 23.5 Å². The highest BCUT2D eigenvalue weighted by Crippen LogP contribution is 2.37. The van der Waals surface area contributed by atoms with Gasteiger partial charge in [0.25, 0.3) is 11.5 Å². The van der Waals surface area contributed by atoms with Crippen LogP contribution in [0.3, 0.4) is 0 Å². The third-order valence-electron chi connectivity index (χ3n) is 5.53. The number of rotatable bonds is 2. The fourth-order valence-electron chi connectivity index (χ4n) is 4.32. The number of carbonyl (C=O) groups is 1. The fourth-order valence-corrected chi connectivity index (χ4v) is 4.32. The summed E-state index contributed by atoms with van der Waals surface area (Å²) in [5.41, 5.74) is 1.90. The molecule has 1 fully saturated rings. The quantitative estimate of drug-likeness (QED) is 0.639. The molecule has 0 bridgehead atoms. The van der Waals surface area contributed by atoms with E-state index in [1.54, 1.807) is 10.6 Å². The summed E-state index contributed by atoms with van der Waals surface area (Å²) in [7, 11) is 0. The van der Waals surface area contributed by atoms with Crippen LogP contribution in [0.5, 0.6) is 0 Å². The molecule has 1 saturated carbocycles. The summed E-state index contributed by atoms with van der Waals surface area (Å²) < 4.78 is 1.66. The molecular weight excluding hydrogens is 346 g/mol. The topological polar surface area (TPSA) is 118 Å². The summed E-state index contributed by atoms with van der Waals surface area (Å²) >= 11 is 0. The number of aromatic nitrogens is 5. The second kappa shape index (κ2) is 5.63. The monoisotopic (exact) mass is 365 g/mol. The normalized spacial score (nSPS) is 17.9. The number of amides is 1. The number of carbonyl (C=O) groups excluding carboxylic acids is 1. The first-order chi connectivity index (χ1) is 13.1. The molecule has 1 amide bonds. The van der Waals surface area contributed by atoms with Gasteiger partial charge in [-0.2, -0.15) is 0 Å². The highest BCUT2D eigenvalue weighted by atomic mass is 16.2. The van der Waals surface area contributed by atoms with Gasteiger partial charge < -0.3 is 15.6 Å². The van der Waals surface area contributed by atoms with Crippen LogP contribution in [0.4, 0.5) is 11.5 Å². The Morgan fingerprint density at radius 3 is 2.78 bits per heavy atom. The number of anilines is 2. The molecule has 9 nitrogen and oxygen atoms in total. The lowest BCUT2D eigenvalue weighted by atomic mass is 9.89. The minimum atomic E-state index is -0.614. The van der Waals surface area contributed by atoms with Crippen molar-refractivity contribution in [1.82, 2.24) is 29.8 Å². The molecule has 5 rings (SSSR count). The average Bonchev–Trinajstić information content (AvgIpc) is 3.24. The standard InChI is InChI=1S/C18H19N7O2/c1-10-7-11(23-15-12-14(20-8-19-12)21-9-22-15)17(27)25-13(10)16(26)24-18(25)5-3-2-4-6-18/h7-9H,2-6H2,1H3,(H,24,26)(H2,19,20,21,22,23). The lowest BCUT2D eigenvalue weighted by Gasteiger charge is -2.35. The molecule has 3 aromatic rings. The summed E-state index contributed by atoms with van der Waals surface area (Å²) in [6.45, 7) is 1.85. The Labute approximate surface area is 154 Å². The minimum absolute atomic E-state index is 0.172. The van der Waals surface area contributed by atoms with Crippen molar-refractivity contribution in [2.24, 2.45) is 0 Å². The Kier molecular flexibility index (Phi) is 3.33. The molecule has 9 heteroatoms. The Hall–Kier alpha value is -3.23. The first-order valence-corrected chi connectivity index (χ1v) is 9.10. The molecule has 0 saturated heterocycles. The van der Waals surface area contributed by atoms with Crippen molar-refractivity contribution >= 4 is 28.6 Å². The van der Waals surface area contributed by atoms with Crippen molar-refractivity contribution in [3.05, 3.63) is 40.3 Å². The summed E-state index contributed by atoms with van der Waals surface area (Å²) in [5.74, 6) is 0.281. The van der Waals surface area contributed by atoms with Crippen molar-refractivity contribution in [3.8, 4) is 0 Å². The van der Waals surface area contributed by atoms with Crippen molar-refractivity contribution < 1.29 is 4.79 Å². The number of pyridine rings is 1. The Morgan fingerprint density at radius 1 is 1.15 bits per heavy atom. The third kappa shape index (κ3) is 2.27. The lowest BCUT2D eigenvalue weighted by Crippen LogP contribution is -2.48. The molecule has 0 aromatic carbocycles. The summed E-state index contributed by atoms with van der Waals surface area (Å²) in [5, 5.41) is 6.19. The van der Waals surface area contributed by atoms with E-state index in [1.165, 1.54) is 12.7 Å².